The van der Waals surface area contributed by atoms with Crippen LogP contribution in [-0.4, -0.2) is 34.7 Å². The van der Waals surface area contributed by atoms with Crippen molar-refractivity contribution in [3.63, 3.8) is 0 Å². The van der Waals surface area contributed by atoms with Crippen LogP contribution < -0.4 is 5.32 Å². The van der Waals surface area contributed by atoms with Crippen LogP contribution in [0.3, 0.4) is 0 Å². The first kappa shape index (κ1) is 14.0. The van der Waals surface area contributed by atoms with Crippen LogP contribution in [0.15, 0.2) is 28.7 Å². The number of carbonyl (C=O) groups excluding carboxylic acids is 3. The van der Waals surface area contributed by atoms with Crippen molar-refractivity contribution in [1.29, 1.82) is 0 Å². The molecule has 2 aliphatic rings. The molecule has 0 bridgehead atoms. The molecule has 4 rings (SSSR count). The molecular formula is C17H16N2O4. The van der Waals surface area contributed by atoms with E-state index in [0.717, 1.165) is 23.8 Å². The summed E-state index contributed by atoms with van der Waals surface area (Å²) in [5, 5.41) is 3.16. The van der Waals surface area contributed by atoms with E-state index < -0.39 is 11.9 Å². The Morgan fingerprint density at radius 2 is 2.00 bits per heavy atom. The zero-order chi connectivity index (χ0) is 16.1. The van der Waals surface area contributed by atoms with Gasteiger partial charge in [0, 0.05) is 17.0 Å². The van der Waals surface area contributed by atoms with E-state index in [-0.39, 0.29) is 30.0 Å². The van der Waals surface area contributed by atoms with E-state index in [9.17, 15) is 14.4 Å². The zero-order valence-electron chi connectivity index (χ0n) is 12.7. The predicted molar refractivity (Wildman–Crippen MR) is 81.7 cm³/mol. The number of hydrogen-bond donors (Lipinski definition) is 1. The van der Waals surface area contributed by atoms with Crippen molar-refractivity contribution in [3.8, 4) is 0 Å². The molecule has 1 saturated carbocycles. The molecule has 23 heavy (non-hydrogen) atoms. The van der Waals surface area contributed by atoms with E-state index in [1.165, 1.54) is 4.90 Å². The van der Waals surface area contributed by atoms with Gasteiger partial charge in [0.1, 0.15) is 11.6 Å². The molecule has 0 spiro atoms. The molecule has 6 nitrogen and oxygen atoms in total. The smallest absolute Gasteiger partial charge is 0.290 e. The van der Waals surface area contributed by atoms with Gasteiger partial charge < -0.3 is 9.32 Å². The molecule has 0 unspecified atom stereocenters. The highest BCUT2D eigenvalue weighted by Gasteiger charge is 2.46. The van der Waals surface area contributed by atoms with E-state index in [1.807, 2.05) is 31.2 Å². The van der Waals surface area contributed by atoms with Gasteiger partial charge in [-0.15, -0.1) is 0 Å². The lowest BCUT2D eigenvalue weighted by Crippen LogP contribution is -2.46. The highest BCUT2D eigenvalue weighted by Crippen LogP contribution is 2.34. The summed E-state index contributed by atoms with van der Waals surface area (Å²) in [7, 11) is 0. The molecule has 6 heteroatoms. The number of amides is 3. The summed E-state index contributed by atoms with van der Waals surface area (Å²) in [6, 6.07) is 6.74. The van der Waals surface area contributed by atoms with Crippen LogP contribution in [0.5, 0.6) is 0 Å². The van der Waals surface area contributed by atoms with Crippen molar-refractivity contribution in [2.45, 2.75) is 38.3 Å². The lowest BCUT2D eigenvalue weighted by molar-refractivity contribution is -0.126. The monoisotopic (exact) mass is 312 g/mol. The fourth-order valence-electron chi connectivity index (χ4n) is 3.17. The number of carbonyl (C=O) groups is 3. The maximum atomic E-state index is 13.0. The number of nitrogens with zero attached hydrogens (tertiary/aromatic N) is 1. The fraction of sp³-hybridized carbons (Fsp3) is 0.353. The van der Waals surface area contributed by atoms with Crippen LogP contribution in [0.4, 0.5) is 0 Å². The van der Waals surface area contributed by atoms with Gasteiger partial charge in [-0.3, -0.25) is 19.7 Å². The third kappa shape index (κ3) is 2.21. The molecule has 1 atom stereocenters. The Morgan fingerprint density at radius 1 is 1.26 bits per heavy atom. The van der Waals surface area contributed by atoms with Gasteiger partial charge >= 0.3 is 0 Å². The van der Waals surface area contributed by atoms with Crippen LogP contribution in [-0.2, 0) is 9.59 Å². The van der Waals surface area contributed by atoms with Crippen molar-refractivity contribution < 1.29 is 18.8 Å². The molecule has 2 fully saturated rings. The molecule has 1 aromatic heterocycles. The fourth-order valence-corrected chi connectivity index (χ4v) is 3.17. The van der Waals surface area contributed by atoms with E-state index in [4.69, 9.17) is 4.42 Å². The lowest BCUT2D eigenvalue weighted by Gasteiger charge is -2.25. The second kappa shape index (κ2) is 4.94. The van der Waals surface area contributed by atoms with Gasteiger partial charge in [-0.05, 0) is 25.8 Å². The van der Waals surface area contributed by atoms with Crippen molar-refractivity contribution in [2.75, 3.05) is 0 Å². The van der Waals surface area contributed by atoms with E-state index >= 15 is 0 Å². The number of para-hydroxylation sites is 1. The molecule has 1 saturated heterocycles. The number of imide groups is 1. The average molecular weight is 312 g/mol. The third-order valence-electron chi connectivity index (χ3n) is 4.49. The van der Waals surface area contributed by atoms with Gasteiger partial charge in [0.25, 0.3) is 5.91 Å². The van der Waals surface area contributed by atoms with Gasteiger partial charge in [-0.2, -0.15) is 0 Å². The Labute approximate surface area is 132 Å². The number of benzene rings is 1. The molecule has 0 radical (unpaired) electrons. The van der Waals surface area contributed by atoms with Crippen molar-refractivity contribution in [2.24, 2.45) is 0 Å². The summed E-state index contributed by atoms with van der Waals surface area (Å²) in [6.07, 6.45) is 1.73. The molecule has 1 aromatic carbocycles. The van der Waals surface area contributed by atoms with E-state index in [2.05, 4.69) is 5.32 Å². The van der Waals surface area contributed by atoms with E-state index in [0.29, 0.717) is 5.58 Å². The third-order valence-corrected chi connectivity index (χ3v) is 4.49. The van der Waals surface area contributed by atoms with Gasteiger partial charge in [0.2, 0.25) is 11.8 Å². The van der Waals surface area contributed by atoms with Crippen LogP contribution in [0.25, 0.3) is 11.0 Å². The average Bonchev–Trinajstić information content (AvgIpc) is 3.23. The summed E-state index contributed by atoms with van der Waals surface area (Å²) in [6.45, 7) is 1.84. The number of aryl methyl sites for hydroxylation is 1. The van der Waals surface area contributed by atoms with Crippen molar-refractivity contribution in [1.82, 2.24) is 10.2 Å². The molecular weight excluding hydrogens is 296 g/mol. The van der Waals surface area contributed by atoms with Gasteiger partial charge in [0.05, 0.1) is 6.42 Å². The van der Waals surface area contributed by atoms with Crippen LogP contribution in [0.1, 0.15) is 35.4 Å². The van der Waals surface area contributed by atoms with Crippen molar-refractivity contribution >= 4 is 28.7 Å². The minimum Gasteiger partial charge on any atom is -0.451 e. The largest absolute Gasteiger partial charge is 0.451 e. The normalized spacial score (nSPS) is 20.8. The number of fused-ring (bicyclic) bond motifs is 1. The first-order chi connectivity index (χ1) is 11.1. The standard InChI is InChI=1S/C17H16N2O4/c1-9-11-4-2-3-5-13(11)23-15(9)17(22)19(10-6-7-10)12-8-14(20)18-16(12)21/h2-5,10,12H,6-8H2,1H3,(H,18,20,21)/t12-/m1/s1. The second-order valence-corrected chi connectivity index (χ2v) is 6.13. The number of rotatable bonds is 3. The summed E-state index contributed by atoms with van der Waals surface area (Å²) in [5.41, 5.74) is 1.41. The molecule has 3 amide bonds. The summed E-state index contributed by atoms with van der Waals surface area (Å²) in [4.78, 5) is 38.0. The minimum atomic E-state index is -0.727. The Bertz CT molecular complexity index is 834. The highest BCUT2D eigenvalue weighted by molar-refractivity contribution is 6.08. The van der Waals surface area contributed by atoms with Crippen LogP contribution in [0, 0.1) is 6.92 Å². The van der Waals surface area contributed by atoms with Crippen LogP contribution in [0.2, 0.25) is 0 Å². The molecule has 1 aliphatic carbocycles. The molecule has 118 valence electrons. The molecule has 1 aliphatic heterocycles. The minimum absolute atomic E-state index is 0.0109. The highest BCUT2D eigenvalue weighted by atomic mass is 16.3. The predicted octanol–water partition coefficient (Wildman–Crippen LogP) is 1.76. The number of furan rings is 1. The zero-order valence-corrected chi connectivity index (χ0v) is 12.7. The quantitative estimate of drug-likeness (QED) is 0.876. The SMILES string of the molecule is Cc1c(C(=O)N(C2CC2)[C@@H]2CC(=O)NC2=O)oc2ccccc12. The summed E-state index contributed by atoms with van der Waals surface area (Å²) < 4.78 is 5.73. The first-order valence-electron chi connectivity index (χ1n) is 7.70. The van der Waals surface area contributed by atoms with E-state index in [1.54, 1.807) is 0 Å². The van der Waals surface area contributed by atoms with Gasteiger partial charge in [-0.25, -0.2) is 0 Å². The topological polar surface area (TPSA) is 79.6 Å². The molecule has 1 N–H and O–H groups in total. The Kier molecular flexibility index (Phi) is 3.01. The maximum absolute atomic E-state index is 13.0. The molecule has 2 heterocycles. The Morgan fingerprint density at radius 3 is 2.61 bits per heavy atom. The van der Waals surface area contributed by atoms with Gasteiger partial charge in [0.15, 0.2) is 5.76 Å². The van der Waals surface area contributed by atoms with Crippen LogP contribution >= 0.6 is 0 Å². The summed E-state index contributed by atoms with van der Waals surface area (Å²) in [5.74, 6) is -0.787. The van der Waals surface area contributed by atoms with Gasteiger partial charge in [-0.1, -0.05) is 18.2 Å². The maximum Gasteiger partial charge on any atom is 0.290 e. The van der Waals surface area contributed by atoms with Crippen molar-refractivity contribution in [3.05, 3.63) is 35.6 Å². The molecule has 2 aromatic rings. The second-order valence-electron chi connectivity index (χ2n) is 6.13. The summed E-state index contributed by atoms with van der Waals surface area (Å²) >= 11 is 0. The lowest BCUT2D eigenvalue weighted by atomic mass is 10.1. The number of hydrogen-bond acceptors (Lipinski definition) is 4. The first-order valence-corrected chi connectivity index (χ1v) is 7.70. The Hall–Kier alpha value is -2.63. The number of nitrogens with one attached hydrogen (secondary N) is 1. The Balaban J connectivity index is 1.74.